The second kappa shape index (κ2) is 6.74. The summed E-state index contributed by atoms with van der Waals surface area (Å²) in [4.78, 5) is 13.5. The average Bonchev–Trinajstić information content (AvgIpc) is 2.42. The topological polar surface area (TPSA) is 57.7 Å². The van der Waals surface area contributed by atoms with Crippen LogP contribution in [0.1, 0.15) is 26.2 Å². The van der Waals surface area contributed by atoms with Gasteiger partial charge in [0.1, 0.15) is 0 Å². The highest BCUT2D eigenvalue weighted by Crippen LogP contribution is 2.21. The van der Waals surface area contributed by atoms with Crippen molar-refractivity contribution in [3.8, 4) is 0 Å². The molecular weight excluding hydrogens is 276 g/mol. The molecule has 112 valence electrons. The zero-order valence-electron chi connectivity index (χ0n) is 12.5. The van der Waals surface area contributed by atoms with Crippen LogP contribution in [0.15, 0.2) is 24.3 Å². The van der Waals surface area contributed by atoms with Crippen molar-refractivity contribution in [2.75, 3.05) is 29.6 Å². The van der Waals surface area contributed by atoms with Crippen LogP contribution in [0.2, 0.25) is 0 Å². The van der Waals surface area contributed by atoms with E-state index in [2.05, 4.69) is 0 Å². The van der Waals surface area contributed by atoms with E-state index in [1.165, 1.54) is 11.4 Å². The monoisotopic (exact) mass is 298 g/mol. The number of rotatable bonds is 6. The zero-order chi connectivity index (χ0) is 15.3. The van der Waals surface area contributed by atoms with E-state index < -0.39 is 10.0 Å². The number of sulfonamides is 1. The van der Waals surface area contributed by atoms with Crippen LogP contribution in [0.5, 0.6) is 0 Å². The first-order chi connectivity index (χ1) is 9.27. The van der Waals surface area contributed by atoms with Crippen molar-refractivity contribution >= 4 is 27.3 Å². The van der Waals surface area contributed by atoms with Gasteiger partial charge in [-0.25, -0.2) is 8.42 Å². The summed E-state index contributed by atoms with van der Waals surface area (Å²) in [5.41, 5.74) is 1.34. The van der Waals surface area contributed by atoms with E-state index in [1.54, 1.807) is 36.2 Å². The lowest BCUT2D eigenvalue weighted by Gasteiger charge is -2.20. The third kappa shape index (κ3) is 4.23. The van der Waals surface area contributed by atoms with Gasteiger partial charge in [-0.05, 0) is 30.7 Å². The van der Waals surface area contributed by atoms with Gasteiger partial charge in [-0.3, -0.25) is 9.10 Å². The number of carbonyl (C=O) groups is 1. The van der Waals surface area contributed by atoms with Crippen LogP contribution in [0.4, 0.5) is 11.4 Å². The maximum Gasteiger partial charge on any atom is 0.231 e. The van der Waals surface area contributed by atoms with Gasteiger partial charge < -0.3 is 4.90 Å². The first-order valence-electron chi connectivity index (χ1n) is 6.58. The van der Waals surface area contributed by atoms with Gasteiger partial charge in [0.2, 0.25) is 15.9 Å². The van der Waals surface area contributed by atoms with E-state index in [0.29, 0.717) is 12.1 Å². The first kappa shape index (κ1) is 16.5. The summed E-state index contributed by atoms with van der Waals surface area (Å²) in [6.07, 6.45) is 3.54. The quantitative estimate of drug-likeness (QED) is 0.809. The Labute approximate surface area is 121 Å². The number of amides is 1. The lowest BCUT2D eigenvalue weighted by Crippen LogP contribution is -2.26. The van der Waals surface area contributed by atoms with Crippen LogP contribution in [-0.2, 0) is 14.8 Å². The van der Waals surface area contributed by atoms with Crippen LogP contribution >= 0.6 is 0 Å². The number of hydrogen-bond donors (Lipinski definition) is 0. The molecule has 0 fully saturated rings. The van der Waals surface area contributed by atoms with E-state index in [9.17, 15) is 13.2 Å². The van der Waals surface area contributed by atoms with E-state index in [0.717, 1.165) is 24.8 Å². The third-order valence-electron chi connectivity index (χ3n) is 3.22. The molecule has 1 rings (SSSR count). The second-order valence-corrected chi connectivity index (χ2v) is 6.82. The molecule has 20 heavy (non-hydrogen) atoms. The fraction of sp³-hybridized carbons (Fsp3) is 0.500. The number of anilines is 2. The Morgan fingerprint density at radius 3 is 2.05 bits per heavy atom. The molecule has 0 saturated heterocycles. The summed E-state index contributed by atoms with van der Waals surface area (Å²) in [5.74, 6) is 0.0658. The van der Waals surface area contributed by atoms with Crippen molar-refractivity contribution in [2.45, 2.75) is 26.2 Å². The van der Waals surface area contributed by atoms with E-state index in [-0.39, 0.29) is 5.91 Å². The van der Waals surface area contributed by atoms with Crippen LogP contribution in [-0.4, -0.2) is 34.7 Å². The Hall–Kier alpha value is -1.56. The normalized spacial score (nSPS) is 11.2. The fourth-order valence-electron chi connectivity index (χ4n) is 1.72. The van der Waals surface area contributed by atoms with Gasteiger partial charge >= 0.3 is 0 Å². The van der Waals surface area contributed by atoms with Gasteiger partial charge in [0.25, 0.3) is 0 Å². The summed E-state index contributed by atoms with van der Waals surface area (Å²) < 4.78 is 24.1. The summed E-state index contributed by atoms with van der Waals surface area (Å²) in [6, 6.07) is 6.89. The van der Waals surface area contributed by atoms with Crippen molar-refractivity contribution in [2.24, 2.45) is 0 Å². The number of hydrogen-bond acceptors (Lipinski definition) is 3. The number of benzene rings is 1. The SMILES string of the molecule is CCCCC(=O)N(C)c1ccc(N(C)S(C)(=O)=O)cc1. The highest BCUT2D eigenvalue weighted by molar-refractivity contribution is 7.92. The van der Waals surface area contributed by atoms with Gasteiger partial charge in [-0.2, -0.15) is 0 Å². The molecular formula is C14H22N2O3S. The average molecular weight is 298 g/mol. The summed E-state index contributed by atoms with van der Waals surface area (Å²) in [5, 5.41) is 0. The Morgan fingerprint density at radius 2 is 1.60 bits per heavy atom. The molecule has 1 aromatic rings. The van der Waals surface area contributed by atoms with Crippen molar-refractivity contribution in [1.29, 1.82) is 0 Å². The summed E-state index contributed by atoms with van der Waals surface area (Å²) in [7, 11) is -0.0346. The minimum atomic E-state index is -3.26. The maximum absolute atomic E-state index is 11.9. The fourth-order valence-corrected chi connectivity index (χ4v) is 2.22. The smallest absolute Gasteiger partial charge is 0.231 e. The second-order valence-electron chi connectivity index (χ2n) is 4.80. The third-order valence-corrected chi connectivity index (χ3v) is 4.42. The molecule has 0 heterocycles. The van der Waals surface area contributed by atoms with E-state index in [4.69, 9.17) is 0 Å². The van der Waals surface area contributed by atoms with E-state index in [1.807, 2.05) is 6.92 Å². The Kier molecular flexibility index (Phi) is 5.56. The molecule has 0 radical (unpaired) electrons. The molecule has 1 amide bonds. The molecule has 0 aromatic heterocycles. The minimum absolute atomic E-state index is 0.0658. The molecule has 0 aliphatic carbocycles. The van der Waals surface area contributed by atoms with Crippen LogP contribution in [0, 0.1) is 0 Å². The molecule has 0 unspecified atom stereocenters. The summed E-state index contributed by atoms with van der Waals surface area (Å²) in [6.45, 7) is 2.04. The molecule has 0 spiro atoms. The predicted octanol–water partition coefficient (Wildman–Crippen LogP) is 2.24. The number of nitrogens with zero attached hydrogens (tertiary/aromatic N) is 2. The lowest BCUT2D eigenvalue weighted by molar-refractivity contribution is -0.118. The standard InChI is InChI=1S/C14H22N2O3S/c1-5-6-7-14(17)15(2)12-8-10-13(11-9-12)16(3)20(4,18)19/h8-11H,5-7H2,1-4H3. The maximum atomic E-state index is 11.9. The molecule has 0 bridgehead atoms. The van der Waals surface area contributed by atoms with Gasteiger partial charge in [0.05, 0.1) is 11.9 Å². The Bertz CT molecular complexity index is 552. The lowest BCUT2D eigenvalue weighted by atomic mass is 10.2. The minimum Gasteiger partial charge on any atom is -0.316 e. The molecule has 0 saturated carbocycles. The molecule has 0 atom stereocenters. The first-order valence-corrected chi connectivity index (χ1v) is 8.42. The van der Waals surface area contributed by atoms with Crippen molar-refractivity contribution in [3.63, 3.8) is 0 Å². The molecule has 1 aromatic carbocycles. The molecule has 0 aliphatic heterocycles. The van der Waals surface area contributed by atoms with Crippen molar-refractivity contribution < 1.29 is 13.2 Å². The number of carbonyl (C=O) groups excluding carboxylic acids is 1. The largest absolute Gasteiger partial charge is 0.316 e. The zero-order valence-corrected chi connectivity index (χ0v) is 13.3. The Morgan fingerprint density at radius 1 is 1.10 bits per heavy atom. The van der Waals surface area contributed by atoms with Gasteiger partial charge in [0, 0.05) is 26.2 Å². The van der Waals surface area contributed by atoms with Crippen LogP contribution in [0.25, 0.3) is 0 Å². The molecule has 0 N–H and O–H groups in total. The number of unbranched alkanes of at least 4 members (excludes halogenated alkanes) is 1. The highest BCUT2D eigenvalue weighted by atomic mass is 32.2. The Balaban J connectivity index is 2.83. The van der Waals surface area contributed by atoms with Crippen LogP contribution in [0.3, 0.4) is 0 Å². The highest BCUT2D eigenvalue weighted by Gasteiger charge is 2.13. The van der Waals surface area contributed by atoms with Crippen LogP contribution < -0.4 is 9.21 Å². The van der Waals surface area contributed by atoms with E-state index >= 15 is 0 Å². The molecule has 5 nitrogen and oxygen atoms in total. The summed E-state index contributed by atoms with van der Waals surface area (Å²) >= 11 is 0. The predicted molar refractivity (Wildman–Crippen MR) is 82.6 cm³/mol. The van der Waals surface area contributed by atoms with Crippen molar-refractivity contribution in [1.82, 2.24) is 0 Å². The van der Waals surface area contributed by atoms with Gasteiger partial charge in [0.15, 0.2) is 0 Å². The van der Waals surface area contributed by atoms with Gasteiger partial charge in [-0.15, -0.1) is 0 Å². The molecule has 0 aliphatic rings. The van der Waals surface area contributed by atoms with Crippen molar-refractivity contribution in [3.05, 3.63) is 24.3 Å². The molecule has 6 heteroatoms. The van der Waals surface area contributed by atoms with Gasteiger partial charge in [-0.1, -0.05) is 13.3 Å².